The summed E-state index contributed by atoms with van der Waals surface area (Å²) in [6.07, 6.45) is 1.85. The van der Waals surface area contributed by atoms with Gasteiger partial charge in [-0.25, -0.2) is 8.42 Å². The molecule has 0 aliphatic rings. The minimum Gasteiger partial charge on any atom is -0.259 e. The van der Waals surface area contributed by atoms with E-state index < -0.39 is 10.9 Å². The van der Waals surface area contributed by atoms with Gasteiger partial charge in [0.15, 0.2) is 4.34 Å². The van der Waals surface area contributed by atoms with Crippen LogP contribution in [0.3, 0.4) is 0 Å². The van der Waals surface area contributed by atoms with Crippen molar-refractivity contribution in [3.63, 3.8) is 0 Å². The van der Waals surface area contributed by atoms with Crippen LogP contribution in [0.4, 0.5) is 5.13 Å². The predicted octanol–water partition coefficient (Wildman–Crippen LogP) is -0.183. The van der Waals surface area contributed by atoms with E-state index in [1.807, 2.05) is 6.26 Å². The summed E-state index contributed by atoms with van der Waals surface area (Å²) in [5.74, 6) is 0. The van der Waals surface area contributed by atoms with Crippen LogP contribution < -0.4 is 4.72 Å². The monoisotopic (exact) mass is 234 g/mol. The molecular formula is C3H5N3NaO2S3. The van der Waals surface area contributed by atoms with E-state index in [9.17, 15) is 8.42 Å². The summed E-state index contributed by atoms with van der Waals surface area (Å²) in [5, 5.41) is 7.58. The molecular weight excluding hydrogens is 229 g/mol. The molecule has 0 fully saturated rings. The van der Waals surface area contributed by atoms with Crippen LogP contribution in [0.2, 0.25) is 0 Å². The van der Waals surface area contributed by atoms with Crippen LogP contribution in [0.5, 0.6) is 0 Å². The first kappa shape index (κ1) is 12.7. The molecule has 0 atom stereocenters. The molecule has 63 valence electrons. The number of thioether (sulfide) groups is 1. The summed E-state index contributed by atoms with van der Waals surface area (Å²) in [5.41, 5.74) is 0. The minimum absolute atomic E-state index is 0. The Labute approximate surface area is 102 Å². The smallest absolute Gasteiger partial charge is 0.224 e. The van der Waals surface area contributed by atoms with E-state index in [1.54, 1.807) is 0 Å². The first-order valence-corrected chi connectivity index (χ1v) is 5.73. The number of rotatable bonds is 3. The number of anilines is 1. The Hall–Kier alpha value is 0.660. The Morgan fingerprint density at radius 3 is 2.58 bits per heavy atom. The molecule has 1 N–H and O–H groups in total. The molecule has 0 saturated carbocycles. The van der Waals surface area contributed by atoms with Crippen LogP contribution in [-0.4, -0.2) is 54.4 Å². The Bertz CT molecular complexity index is 303. The third kappa shape index (κ3) is 4.06. The molecule has 0 aliphatic heterocycles. The molecule has 1 radical (unpaired) electrons. The summed E-state index contributed by atoms with van der Waals surface area (Å²) in [7, 11) is -2.62. The average molecular weight is 234 g/mol. The first-order chi connectivity index (χ1) is 5.22. The maximum atomic E-state index is 10.1. The molecule has 0 saturated heterocycles. The van der Waals surface area contributed by atoms with Crippen LogP contribution in [-0.2, 0) is 10.9 Å². The van der Waals surface area contributed by atoms with E-state index in [1.165, 1.54) is 23.1 Å². The SMILES string of the molecule is CSc1nnc(N[SH](=O)=O)s1.[Na]. The van der Waals surface area contributed by atoms with Crippen LogP contribution >= 0.6 is 23.1 Å². The molecule has 1 rings (SSSR count). The third-order valence-corrected chi connectivity index (χ3v) is 3.13. The molecule has 1 heterocycles. The van der Waals surface area contributed by atoms with E-state index >= 15 is 0 Å². The first-order valence-electron chi connectivity index (χ1n) is 2.51. The van der Waals surface area contributed by atoms with Gasteiger partial charge in [0.25, 0.3) is 0 Å². The van der Waals surface area contributed by atoms with Crippen LogP contribution in [0, 0.1) is 0 Å². The number of hydrogen-bond donors (Lipinski definition) is 2. The molecule has 0 bridgehead atoms. The number of aromatic nitrogens is 2. The molecule has 0 spiro atoms. The fraction of sp³-hybridized carbons (Fsp3) is 0.333. The Balaban J connectivity index is 0.00000121. The van der Waals surface area contributed by atoms with E-state index in [0.717, 1.165) is 4.34 Å². The van der Waals surface area contributed by atoms with Crippen molar-refractivity contribution in [1.29, 1.82) is 0 Å². The van der Waals surface area contributed by atoms with Crippen molar-refractivity contribution in [2.45, 2.75) is 4.34 Å². The number of thiol groups is 1. The van der Waals surface area contributed by atoms with E-state index in [0.29, 0.717) is 5.13 Å². The molecule has 12 heavy (non-hydrogen) atoms. The molecule has 0 amide bonds. The van der Waals surface area contributed by atoms with Gasteiger partial charge in [-0.1, -0.05) is 23.1 Å². The van der Waals surface area contributed by atoms with Crippen LogP contribution in [0.25, 0.3) is 0 Å². The van der Waals surface area contributed by atoms with Crippen LogP contribution in [0.1, 0.15) is 0 Å². The van der Waals surface area contributed by atoms with Gasteiger partial charge in [-0.2, -0.15) is 0 Å². The summed E-state index contributed by atoms with van der Waals surface area (Å²) < 4.78 is 23.1. The number of nitrogens with zero attached hydrogens (tertiary/aromatic N) is 2. The van der Waals surface area contributed by atoms with Crippen LogP contribution in [0.15, 0.2) is 4.34 Å². The molecule has 0 aliphatic carbocycles. The largest absolute Gasteiger partial charge is 0.259 e. The molecule has 0 aromatic carbocycles. The molecule has 1 aromatic heterocycles. The van der Waals surface area contributed by atoms with Crippen molar-refractivity contribution in [3.05, 3.63) is 0 Å². The zero-order chi connectivity index (χ0) is 8.27. The van der Waals surface area contributed by atoms with Gasteiger partial charge in [0.2, 0.25) is 16.0 Å². The third-order valence-electron chi connectivity index (χ3n) is 0.768. The van der Waals surface area contributed by atoms with Gasteiger partial charge < -0.3 is 0 Å². The Morgan fingerprint density at radius 2 is 2.17 bits per heavy atom. The van der Waals surface area contributed by atoms with Gasteiger partial charge in [0.05, 0.1) is 0 Å². The topological polar surface area (TPSA) is 72.0 Å². The summed E-state index contributed by atoms with van der Waals surface area (Å²) >= 11 is 2.63. The molecule has 5 nitrogen and oxygen atoms in total. The van der Waals surface area contributed by atoms with Gasteiger partial charge in [-0.05, 0) is 6.26 Å². The van der Waals surface area contributed by atoms with Crippen molar-refractivity contribution in [1.82, 2.24) is 10.2 Å². The predicted molar refractivity (Wildman–Crippen MR) is 51.4 cm³/mol. The second-order valence-corrected chi connectivity index (χ2v) is 4.21. The Morgan fingerprint density at radius 1 is 1.50 bits per heavy atom. The number of hydrogen-bond acceptors (Lipinski definition) is 6. The summed E-state index contributed by atoms with van der Waals surface area (Å²) in [6, 6.07) is 0. The molecule has 9 heteroatoms. The molecule has 0 unspecified atom stereocenters. The quantitative estimate of drug-likeness (QED) is 0.431. The molecule has 1 aromatic rings. The fourth-order valence-corrected chi connectivity index (χ4v) is 2.04. The van der Waals surface area contributed by atoms with E-state index in [-0.39, 0.29) is 29.6 Å². The van der Waals surface area contributed by atoms with E-state index in [4.69, 9.17) is 0 Å². The normalized spacial score (nSPS) is 9.50. The second kappa shape index (κ2) is 6.17. The fourth-order valence-electron chi connectivity index (χ4n) is 0.416. The van der Waals surface area contributed by atoms with Crippen molar-refractivity contribution in [2.75, 3.05) is 11.0 Å². The maximum Gasteiger partial charge on any atom is 0.224 e. The number of nitrogens with one attached hydrogen (secondary N) is 1. The zero-order valence-corrected chi connectivity index (χ0v) is 11.0. The Kier molecular flexibility index (Phi) is 6.50. The summed E-state index contributed by atoms with van der Waals surface area (Å²) in [6.45, 7) is 0. The summed E-state index contributed by atoms with van der Waals surface area (Å²) in [4.78, 5) is 0. The van der Waals surface area contributed by atoms with Gasteiger partial charge in [-0.3, -0.25) is 4.72 Å². The minimum atomic E-state index is -2.62. The zero-order valence-electron chi connectivity index (χ0n) is 6.47. The van der Waals surface area contributed by atoms with Gasteiger partial charge in [0, 0.05) is 29.6 Å². The van der Waals surface area contributed by atoms with Crippen molar-refractivity contribution in [2.24, 2.45) is 0 Å². The van der Waals surface area contributed by atoms with Gasteiger partial charge in [0.1, 0.15) is 0 Å². The van der Waals surface area contributed by atoms with Crippen molar-refractivity contribution >= 4 is 68.7 Å². The second-order valence-electron chi connectivity index (χ2n) is 1.45. The van der Waals surface area contributed by atoms with Crippen molar-refractivity contribution < 1.29 is 8.42 Å². The van der Waals surface area contributed by atoms with Gasteiger partial charge >= 0.3 is 0 Å². The van der Waals surface area contributed by atoms with E-state index in [2.05, 4.69) is 14.9 Å². The maximum absolute atomic E-state index is 10.1. The average Bonchev–Trinajstić information content (AvgIpc) is 2.34. The van der Waals surface area contributed by atoms with Gasteiger partial charge in [-0.15, -0.1) is 10.2 Å². The van der Waals surface area contributed by atoms with Crippen molar-refractivity contribution in [3.8, 4) is 0 Å². The standard InChI is InChI=1S/C3H5N3O2S3.Na/c1-9-3-5-4-2(10-3)6-11(7)8;/h11H,1H3,(H,4,6,7,8);.